The summed E-state index contributed by atoms with van der Waals surface area (Å²) < 4.78 is 0. The number of nitriles is 1. The number of aromatic nitrogens is 2. The number of aryl methyl sites for hydroxylation is 2. The highest BCUT2D eigenvalue weighted by Crippen LogP contribution is 2.18. The first kappa shape index (κ1) is 12.4. The van der Waals surface area contributed by atoms with Gasteiger partial charge < -0.3 is 4.98 Å². The summed E-state index contributed by atoms with van der Waals surface area (Å²) in [5, 5.41) is 8.92. The Morgan fingerprint density at radius 3 is 2.80 bits per heavy atom. The lowest BCUT2D eigenvalue weighted by Crippen LogP contribution is -1.94. The monoisotopic (exact) mass is 261 g/mol. The molecule has 0 radical (unpaired) electrons. The fourth-order valence-electron chi connectivity index (χ4n) is 2.39. The molecule has 3 rings (SSSR count). The van der Waals surface area contributed by atoms with Crippen LogP contribution in [0, 0.1) is 25.2 Å². The zero-order valence-electron chi connectivity index (χ0n) is 11.6. The summed E-state index contributed by atoms with van der Waals surface area (Å²) in [5.41, 5.74) is 6.29. The van der Waals surface area contributed by atoms with Gasteiger partial charge >= 0.3 is 0 Å². The molecule has 1 heterocycles. The maximum atomic E-state index is 8.92. The zero-order chi connectivity index (χ0) is 14.1. The Bertz CT molecular complexity index is 822. The number of rotatable bonds is 2. The van der Waals surface area contributed by atoms with Gasteiger partial charge in [0.15, 0.2) is 0 Å². The van der Waals surface area contributed by atoms with E-state index < -0.39 is 0 Å². The van der Waals surface area contributed by atoms with E-state index in [-0.39, 0.29) is 0 Å². The molecule has 98 valence electrons. The Morgan fingerprint density at radius 1 is 1.15 bits per heavy atom. The Kier molecular flexibility index (Phi) is 3.00. The molecule has 0 atom stereocenters. The van der Waals surface area contributed by atoms with Gasteiger partial charge in [0, 0.05) is 6.42 Å². The molecule has 2 aromatic carbocycles. The molecule has 0 saturated heterocycles. The average molecular weight is 261 g/mol. The lowest BCUT2D eigenvalue weighted by atomic mass is 10.0. The summed E-state index contributed by atoms with van der Waals surface area (Å²) in [7, 11) is 0. The summed E-state index contributed by atoms with van der Waals surface area (Å²) in [6.45, 7) is 4.21. The molecule has 0 bridgehead atoms. The second kappa shape index (κ2) is 4.82. The van der Waals surface area contributed by atoms with Crippen molar-refractivity contribution < 1.29 is 0 Å². The van der Waals surface area contributed by atoms with Crippen molar-refractivity contribution in [2.45, 2.75) is 20.3 Å². The third kappa shape index (κ3) is 2.28. The smallest absolute Gasteiger partial charge is 0.111 e. The molecule has 0 aliphatic rings. The number of hydrogen-bond acceptors (Lipinski definition) is 2. The largest absolute Gasteiger partial charge is 0.342 e. The van der Waals surface area contributed by atoms with Crippen LogP contribution in [0.1, 0.15) is 28.1 Å². The van der Waals surface area contributed by atoms with E-state index >= 15 is 0 Å². The quantitative estimate of drug-likeness (QED) is 0.765. The molecule has 0 unspecified atom stereocenters. The molecule has 0 aliphatic carbocycles. The number of H-pyrrole nitrogens is 1. The molecule has 1 N–H and O–H groups in total. The Morgan fingerprint density at radius 2 is 2.00 bits per heavy atom. The first-order valence-electron chi connectivity index (χ1n) is 6.60. The summed E-state index contributed by atoms with van der Waals surface area (Å²) in [6.07, 6.45) is 0.782. The van der Waals surface area contributed by atoms with Gasteiger partial charge in [0.05, 0.1) is 22.7 Å². The number of hydrogen-bond donors (Lipinski definition) is 1. The minimum atomic E-state index is 0.652. The van der Waals surface area contributed by atoms with Gasteiger partial charge in [0.2, 0.25) is 0 Å². The minimum Gasteiger partial charge on any atom is -0.342 e. The molecule has 0 amide bonds. The molecule has 0 fully saturated rings. The summed E-state index contributed by atoms with van der Waals surface area (Å²) in [4.78, 5) is 7.89. The third-order valence-electron chi connectivity index (χ3n) is 3.52. The van der Waals surface area contributed by atoms with Gasteiger partial charge in [-0.1, -0.05) is 23.8 Å². The predicted molar refractivity (Wildman–Crippen MR) is 79.5 cm³/mol. The minimum absolute atomic E-state index is 0.652. The van der Waals surface area contributed by atoms with Crippen LogP contribution >= 0.6 is 0 Å². The van der Waals surface area contributed by atoms with Crippen LogP contribution in [0.25, 0.3) is 11.0 Å². The molecular formula is C17H15N3. The Labute approximate surface area is 117 Å². The van der Waals surface area contributed by atoms with Crippen LogP contribution in [0.5, 0.6) is 0 Å². The van der Waals surface area contributed by atoms with E-state index in [1.807, 2.05) is 12.1 Å². The van der Waals surface area contributed by atoms with Crippen molar-refractivity contribution in [2.24, 2.45) is 0 Å². The normalized spacial score (nSPS) is 10.7. The van der Waals surface area contributed by atoms with Gasteiger partial charge in [-0.05, 0) is 43.2 Å². The predicted octanol–water partition coefficient (Wildman–Crippen LogP) is 3.64. The summed E-state index contributed by atoms with van der Waals surface area (Å²) >= 11 is 0. The van der Waals surface area contributed by atoms with E-state index in [1.54, 1.807) is 6.07 Å². The van der Waals surface area contributed by atoms with E-state index in [0.717, 1.165) is 23.3 Å². The Hall–Kier alpha value is -2.60. The van der Waals surface area contributed by atoms with E-state index in [4.69, 9.17) is 5.26 Å². The number of imidazole rings is 1. The van der Waals surface area contributed by atoms with Crippen LogP contribution in [0.3, 0.4) is 0 Å². The van der Waals surface area contributed by atoms with Crippen LogP contribution in [0.2, 0.25) is 0 Å². The lowest BCUT2D eigenvalue weighted by Gasteiger charge is -2.04. The van der Waals surface area contributed by atoms with Gasteiger partial charge in [-0.25, -0.2) is 4.98 Å². The highest BCUT2D eigenvalue weighted by molar-refractivity contribution is 5.76. The highest BCUT2D eigenvalue weighted by Gasteiger charge is 2.06. The van der Waals surface area contributed by atoms with E-state index in [2.05, 4.69) is 48.1 Å². The van der Waals surface area contributed by atoms with Gasteiger partial charge in [0.25, 0.3) is 0 Å². The van der Waals surface area contributed by atoms with Crippen molar-refractivity contribution in [3.05, 3.63) is 64.5 Å². The molecule has 0 aliphatic heterocycles. The van der Waals surface area contributed by atoms with Crippen molar-refractivity contribution in [3.63, 3.8) is 0 Å². The first-order chi connectivity index (χ1) is 9.65. The fraction of sp³-hybridized carbons (Fsp3) is 0.176. The van der Waals surface area contributed by atoms with Crippen LogP contribution in [0.15, 0.2) is 36.4 Å². The molecular weight excluding hydrogens is 246 g/mol. The van der Waals surface area contributed by atoms with Gasteiger partial charge in [-0.15, -0.1) is 0 Å². The highest BCUT2D eigenvalue weighted by atomic mass is 14.9. The number of nitrogens with zero attached hydrogens (tertiary/aromatic N) is 2. The van der Waals surface area contributed by atoms with E-state index in [0.29, 0.717) is 5.56 Å². The standard InChI is InChI=1S/C17H15N3/c1-11-3-4-12(2)14(7-11)9-17-19-15-6-5-13(10-18)8-16(15)20-17/h3-8H,9H2,1-2H3,(H,19,20). The van der Waals surface area contributed by atoms with Crippen LogP contribution in [-0.4, -0.2) is 9.97 Å². The Balaban J connectivity index is 1.99. The van der Waals surface area contributed by atoms with Crippen LogP contribution < -0.4 is 0 Å². The van der Waals surface area contributed by atoms with Crippen LogP contribution in [-0.2, 0) is 6.42 Å². The second-order valence-electron chi connectivity index (χ2n) is 5.13. The van der Waals surface area contributed by atoms with Crippen molar-refractivity contribution in [1.29, 1.82) is 5.26 Å². The SMILES string of the molecule is Cc1ccc(C)c(Cc2nc3ccc(C#N)cc3[nH]2)c1. The maximum Gasteiger partial charge on any atom is 0.111 e. The topological polar surface area (TPSA) is 52.5 Å². The summed E-state index contributed by atoms with van der Waals surface area (Å²) in [5.74, 6) is 0.934. The van der Waals surface area contributed by atoms with E-state index in [1.165, 1.54) is 16.7 Å². The molecule has 3 nitrogen and oxygen atoms in total. The molecule has 20 heavy (non-hydrogen) atoms. The summed E-state index contributed by atoms with van der Waals surface area (Å²) in [6, 6.07) is 14.1. The van der Waals surface area contributed by atoms with Gasteiger partial charge in [0.1, 0.15) is 5.82 Å². The maximum absolute atomic E-state index is 8.92. The number of aromatic amines is 1. The molecule has 0 saturated carbocycles. The van der Waals surface area contributed by atoms with Crippen LogP contribution in [0.4, 0.5) is 0 Å². The fourth-order valence-corrected chi connectivity index (χ4v) is 2.39. The van der Waals surface area contributed by atoms with Crippen molar-refractivity contribution >= 4 is 11.0 Å². The second-order valence-corrected chi connectivity index (χ2v) is 5.13. The molecule has 1 aromatic heterocycles. The number of benzene rings is 2. The van der Waals surface area contributed by atoms with Gasteiger partial charge in [-0.3, -0.25) is 0 Å². The number of fused-ring (bicyclic) bond motifs is 1. The van der Waals surface area contributed by atoms with E-state index in [9.17, 15) is 0 Å². The third-order valence-corrected chi connectivity index (χ3v) is 3.52. The zero-order valence-corrected chi connectivity index (χ0v) is 11.6. The lowest BCUT2D eigenvalue weighted by molar-refractivity contribution is 1.02. The van der Waals surface area contributed by atoms with Crippen molar-refractivity contribution in [1.82, 2.24) is 9.97 Å². The number of nitrogens with one attached hydrogen (secondary N) is 1. The first-order valence-corrected chi connectivity index (χ1v) is 6.60. The van der Waals surface area contributed by atoms with Crippen molar-refractivity contribution in [2.75, 3.05) is 0 Å². The van der Waals surface area contributed by atoms with Crippen molar-refractivity contribution in [3.8, 4) is 6.07 Å². The molecule has 3 aromatic rings. The van der Waals surface area contributed by atoms with Gasteiger partial charge in [-0.2, -0.15) is 5.26 Å². The average Bonchev–Trinajstić information content (AvgIpc) is 2.84. The molecule has 3 heteroatoms. The molecule has 0 spiro atoms.